The van der Waals surface area contributed by atoms with Gasteiger partial charge in [-0.25, -0.2) is 0 Å². The zero-order valence-electron chi connectivity index (χ0n) is 9.99. The molecule has 1 rings (SSSR count). The number of hydrogen-bond donors (Lipinski definition) is 1. The summed E-state index contributed by atoms with van der Waals surface area (Å²) >= 11 is 0. The normalized spacial score (nSPS) is 14.2. The second-order valence-electron chi connectivity index (χ2n) is 4.25. The van der Waals surface area contributed by atoms with Crippen molar-refractivity contribution in [3.8, 4) is 5.75 Å². The number of carbonyl (C=O) groups is 1. The van der Waals surface area contributed by atoms with Gasteiger partial charge in [0.05, 0.1) is 12.5 Å². The minimum Gasteiger partial charge on any atom is -0.497 e. The second kappa shape index (κ2) is 5.01. The van der Waals surface area contributed by atoms with E-state index in [4.69, 9.17) is 4.74 Å². The van der Waals surface area contributed by atoms with Gasteiger partial charge in [0, 0.05) is 0 Å². The van der Waals surface area contributed by atoms with Crippen LogP contribution in [0.3, 0.4) is 0 Å². The predicted octanol–water partition coefficient (Wildman–Crippen LogP) is 2.74. The van der Waals surface area contributed by atoms with Crippen LogP contribution in [0.2, 0.25) is 0 Å². The second-order valence-corrected chi connectivity index (χ2v) is 4.25. The zero-order valence-corrected chi connectivity index (χ0v) is 9.99. The van der Waals surface area contributed by atoms with Gasteiger partial charge in [-0.3, -0.25) is 4.79 Å². The number of carboxylic acids is 1. The Kier molecular flexibility index (Phi) is 3.93. The van der Waals surface area contributed by atoms with Crippen LogP contribution in [0.5, 0.6) is 5.75 Å². The quantitative estimate of drug-likeness (QED) is 0.833. The highest BCUT2D eigenvalue weighted by atomic mass is 16.5. The maximum atomic E-state index is 11.2. The van der Waals surface area contributed by atoms with E-state index in [9.17, 15) is 9.90 Å². The summed E-state index contributed by atoms with van der Waals surface area (Å²) in [5, 5.41) is 9.19. The van der Waals surface area contributed by atoms with E-state index in [1.165, 1.54) is 0 Å². The molecule has 1 aromatic carbocycles. The van der Waals surface area contributed by atoms with Gasteiger partial charge in [0.1, 0.15) is 5.75 Å². The van der Waals surface area contributed by atoms with E-state index in [1.807, 2.05) is 31.2 Å². The van der Waals surface area contributed by atoms with E-state index >= 15 is 0 Å². The molecule has 0 aliphatic rings. The summed E-state index contributed by atoms with van der Waals surface area (Å²) in [6.07, 6.45) is 1.13. The molecule has 0 aromatic heterocycles. The van der Waals surface area contributed by atoms with Crippen LogP contribution in [0.1, 0.15) is 25.8 Å². The lowest BCUT2D eigenvalue weighted by molar-refractivity contribution is -0.148. The Bertz CT molecular complexity index is 373. The smallest absolute Gasteiger partial charge is 0.309 e. The van der Waals surface area contributed by atoms with Crippen LogP contribution in [0.15, 0.2) is 24.3 Å². The molecule has 1 N–H and O–H groups in total. The maximum absolute atomic E-state index is 11.2. The van der Waals surface area contributed by atoms with Crippen LogP contribution in [-0.4, -0.2) is 18.2 Å². The topological polar surface area (TPSA) is 46.5 Å². The first-order valence-electron chi connectivity index (χ1n) is 5.38. The molecule has 1 unspecified atom stereocenters. The van der Waals surface area contributed by atoms with Gasteiger partial charge in [-0.05, 0) is 37.5 Å². The van der Waals surface area contributed by atoms with Gasteiger partial charge in [0.15, 0.2) is 0 Å². The molecular weight excluding hydrogens is 204 g/mol. The van der Waals surface area contributed by atoms with E-state index < -0.39 is 11.4 Å². The first-order valence-corrected chi connectivity index (χ1v) is 5.38. The summed E-state index contributed by atoms with van der Waals surface area (Å²) in [6, 6.07) is 7.55. The molecule has 16 heavy (non-hydrogen) atoms. The van der Waals surface area contributed by atoms with Crippen molar-refractivity contribution in [1.82, 2.24) is 0 Å². The fourth-order valence-corrected chi connectivity index (χ4v) is 1.58. The monoisotopic (exact) mass is 222 g/mol. The summed E-state index contributed by atoms with van der Waals surface area (Å²) in [5.41, 5.74) is 0.290. The number of rotatable bonds is 5. The molecule has 0 fully saturated rings. The average Bonchev–Trinajstić information content (AvgIpc) is 2.29. The molecule has 0 amide bonds. The van der Waals surface area contributed by atoms with Gasteiger partial charge in [0.2, 0.25) is 0 Å². The van der Waals surface area contributed by atoms with Crippen molar-refractivity contribution in [2.75, 3.05) is 7.11 Å². The van der Waals surface area contributed by atoms with Crippen LogP contribution in [0.4, 0.5) is 0 Å². The van der Waals surface area contributed by atoms with E-state index in [2.05, 4.69) is 0 Å². The summed E-state index contributed by atoms with van der Waals surface area (Å²) in [6.45, 7) is 3.67. The number of ether oxygens (including phenoxy) is 1. The molecular formula is C13H18O3. The van der Waals surface area contributed by atoms with Gasteiger partial charge in [-0.1, -0.05) is 19.1 Å². The Labute approximate surface area is 96.1 Å². The van der Waals surface area contributed by atoms with Crippen LogP contribution >= 0.6 is 0 Å². The van der Waals surface area contributed by atoms with Crippen molar-refractivity contribution in [3.63, 3.8) is 0 Å². The number of aliphatic carboxylic acids is 1. The fraction of sp³-hybridized carbons (Fsp3) is 0.462. The lowest BCUT2D eigenvalue weighted by Gasteiger charge is -2.23. The first kappa shape index (κ1) is 12.6. The molecule has 0 saturated carbocycles. The molecule has 0 heterocycles. The maximum Gasteiger partial charge on any atom is 0.309 e. The van der Waals surface area contributed by atoms with Gasteiger partial charge in [-0.2, -0.15) is 0 Å². The highest BCUT2D eigenvalue weighted by molar-refractivity contribution is 5.74. The molecule has 0 spiro atoms. The minimum atomic E-state index is -0.752. The molecule has 0 saturated heterocycles. The zero-order chi connectivity index (χ0) is 12.2. The van der Waals surface area contributed by atoms with Crippen LogP contribution < -0.4 is 4.74 Å². The van der Waals surface area contributed by atoms with Crippen LogP contribution in [0.25, 0.3) is 0 Å². The van der Waals surface area contributed by atoms with E-state index in [0.29, 0.717) is 12.8 Å². The molecule has 1 aromatic rings. The standard InChI is InChI=1S/C13H18O3/c1-4-13(2,12(14)15)9-10-6-5-7-11(8-10)16-3/h5-8H,4,9H2,1-3H3,(H,14,15). The third-order valence-corrected chi connectivity index (χ3v) is 3.03. The van der Waals surface area contributed by atoms with Gasteiger partial charge >= 0.3 is 5.97 Å². The molecule has 88 valence electrons. The Hall–Kier alpha value is -1.51. The van der Waals surface area contributed by atoms with Crippen molar-refractivity contribution in [1.29, 1.82) is 0 Å². The molecule has 3 nitrogen and oxygen atoms in total. The number of carboxylic acid groups (broad SMARTS) is 1. The van der Waals surface area contributed by atoms with Gasteiger partial charge < -0.3 is 9.84 Å². The van der Waals surface area contributed by atoms with Crippen molar-refractivity contribution < 1.29 is 14.6 Å². The molecule has 0 aliphatic heterocycles. The number of hydrogen-bond acceptors (Lipinski definition) is 2. The lowest BCUT2D eigenvalue weighted by atomic mass is 9.81. The summed E-state index contributed by atoms with van der Waals surface area (Å²) in [5.74, 6) is 0.0131. The number of benzene rings is 1. The Morgan fingerprint density at radius 1 is 1.50 bits per heavy atom. The average molecular weight is 222 g/mol. The number of methoxy groups -OCH3 is 1. The predicted molar refractivity (Wildman–Crippen MR) is 62.7 cm³/mol. The molecule has 0 aliphatic carbocycles. The minimum absolute atomic E-state index is 0.524. The summed E-state index contributed by atoms with van der Waals surface area (Å²) in [4.78, 5) is 11.2. The largest absolute Gasteiger partial charge is 0.497 e. The third-order valence-electron chi connectivity index (χ3n) is 3.03. The van der Waals surface area contributed by atoms with Crippen molar-refractivity contribution in [2.45, 2.75) is 26.7 Å². The third kappa shape index (κ3) is 2.75. The SMILES string of the molecule is CCC(C)(Cc1cccc(OC)c1)C(=O)O. The summed E-state index contributed by atoms with van der Waals surface area (Å²) < 4.78 is 5.12. The highest BCUT2D eigenvalue weighted by Gasteiger charge is 2.31. The molecule has 0 bridgehead atoms. The van der Waals surface area contributed by atoms with Gasteiger partial charge in [-0.15, -0.1) is 0 Å². The van der Waals surface area contributed by atoms with Crippen molar-refractivity contribution in [3.05, 3.63) is 29.8 Å². The molecule has 1 atom stereocenters. The molecule has 0 radical (unpaired) electrons. The fourth-order valence-electron chi connectivity index (χ4n) is 1.58. The first-order chi connectivity index (χ1) is 7.51. The summed E-state index contributed by atoms with van der Waals surface area (Å²) in [7, 11) is 1.61. The van der Waals surface area contributed by atoms with E-state index in [0.717, 1.165) is 11.3 Å². The highest BCUT2D eigenvalue weighted by Crippen LogP contribution is 2.28. The Morgan fingerprint density at radius 3 is 2.69 bits per heavy atom. The van der Waals surface area contributed by atoms with E-state index in [-0.39, 0.29) is 0 Å². The molecule has 3 heteroatoms. The van der Waals surface area contributed by atoms with E-state index in [1.54, 1.807) is 14.0 Å². The Morgan fingerprint density at radius 2 is 2.19 bits per heavy atom. The lowest BCUT2D eigenvalue weighted by Crippen LogP contribution is -2.29. The van der Waals surface area contributed by atoms with Crippen molar-refractivity contribution >= 4 is 5.97 Å². The van der Waals surface area contributed by atoms with Crippen LogP contribution in [0, 0.1) is 5.41 Å². The van der Waals surface area contributed by atoms with Crippen molar-refractivity contribution in [2.24, 2.45) is 5.41 Å². The van der Waals surface area contributed by atoms with Gasteiger partial charge in [0.25, 0.3) is 0 Å². The van der Waals surface area contributed by atoms with Crippen LogP contribution in [-0.2, 0) is 11.2 Å². The Balaban J connectivity index is 2.90.